The lowest BCUT2D eigenvalue weighted by molar-refractivity contribution is 0.0938. The molecule has 0 saturated heterocycles. The first-order valence-corrected chi connectivity index (χ1v) is 9.08. The number of fused-ring (bicyclic) bond motifs is 1. The molecule has 2 heterocycles. The van der Waals surface area contributed by atoms with Gasteiger partial charge in [0.15, 0.2) is 4.96 Å². The van der Waals surface area contributed by atoms with E-state index in [2.05, 4.69) is 10.3 Å². The molecule has 132 valence electrons. The fourth-order valence-corrected chi connectivity index (χ4v) is 3.31. The van der Waals surface area contributed by atoms with Crippen LogP contribution in [0.15, 0.2) is 35.8 Å². The van der Waals surface area contributed by atoms with Crippen LogP contribution < -0.4 is 10.1 Å². The summed E-state index contributed by atoms with van der Waals surface area (Å²) in [5.41, 5.74) is 2.42. The van der Waals surface area contributed by atoms with Crippen molar-refractivity contribution in [1.82, 2.24) is 14.7 Å². The lowest BCUT2D eigenvalue weighted by Gasteiger charge is -2.04. The highest BCUT2D eigenvalue weighted by molar-refractivity contribution is 7.15. The van der Waals surface area contributed by atoms with Gasteiger partial charge in [0, 0.05) is 36.9 Å². The molecule has 0 spiro atoms. The van der Waals surface area contributed by atoms with Crippen LogP contribution in [0.25, 0.3) is 16.2 Å². The number of hydrogen-bond acceptors (Lipinski definition) is 5. The minimum absolute atomic E-state index is 0.0959. The van der Waals surface area contributed by atoms with Crippen molar-refractivity contribution in [2.24, 2.45) is 0 Å². The number of amides is 1. The van der Waals surface area contributed by atoms with Crippen LogP contribution in [0, 0.1) is 0 Å². The maximum atomic E-state index is 12.4. The minimum Gasteiger partial charge on any atom is -0.497 e. The van der Waals surface area contributed by atoms with E-state index < -0.39 is 0 Å². The molecule has 1 aromatic carbocycles. The molecular formula is C18H21N3O3S. The molecule has 0 aliphatic carbocycles. The molecule has 3 aromatic rings. The summed E-state index contributed by atoms with van der Waals surface area (Å²) in [6, 6.07) is 7.71. The Hall–Kier alpha value is -2.38. The second-order valence-electron chi connectivity index (χ2n) is 5.43. The summed E-state index contributed by atoms with van der Waals surface area (Å²) in [7, 11) is 1.64. The minimum atomic E-state index is -0.0959. The number of hydrogen-bond donors (Lipinski definition) is 1. The molecule has 7 heteroatoms. The second-order valence-corrected chi connectivity index (χ2v) is 6.27. The number of benzene rings is 1. The van der Waals surface area contributed by atoms with E-state index >= 15 is 0 Å². The molecule has 0 saturated carbocycles. The van der Waals surface area contributed by atoms with Gasteiger partial charge in [0.2, 0.25) is 0 Å². The SMILES string of the molecule is CCOCCCNC(=O)c1csc2nc(-c3ccc(OC)cc3)cn12. The summed E-state index contributed by atoms with van der Waals surface area (Å²) < 4.78 is 12.3. The van der Waals surface area contributed by atoms with Crippen molar-refractivity contribution >= 4 is 22.2 Å². The van der Waals surface area contributed by atoms with Crippen molar-refractivity contribution in [2.75, 3.05) is 26.9 Å². The van der Waals surface area contributed by atoms with Gasteiger partial charge in [-0.3, -0.25) is 9.20 Å². The lowest BCUT2D eigenvalue weighted by atomic mass is 10.2. The van der Waals surface area contributed by atoms with Crippen molar-refractivity contribution in [1.29, 1.82) is 0 Å². The normalized spacial score (nSPS) is 11.0. The van der Waals surface area contributed by atoms with Crippen molar-refractivity contribution in [2.45, 2.75) is 13.3 Å². The molecule has 0 atom stereocenters. The van der Waals surface area contributed by atoms with Crippen LogP contribution in [0.4, 0.5) is 0 Å². The van der Waals surface area contributed by atoms with Gasteiger partial charge in [0.1, 0.15) is 11.4 Å². The summed E-state index contributed by atoms with van der Waals surface area (Å²) in [5.74, 6) is 0.707. The van der Waals surface area contributed by atoms with Crippen LogP contribution in [-0.4, -0.2) is 42.2 Å². The quantitative estimate of drug-likeness (QED) is 0.627. The zero-order valence-corrected chi connectivity index (χ0v) is 15.1. The summed E-state index contributed by atoms with van der Waals surface area (Å²) in [6.07, 6.45) is 2.69. The number of imidazole rings is 1. The molecular weight excluding hydrogens is 338 g/mol. The first-order valence-electron chi connectivity index (χ1n) is 8.20. The number of rotatable bonds is 8. The maximum absolute atomic E-state index is 12.4. The van der Waals surface area contributed by atoms with Gasteiger partial charge < -0.3 is 14.8 Å². The summed E-state index contributed by atoms with van der Waals surface area (Å²) >= 11 is 1.45. The largest absolute Gasteiger partial charge is 0.497 e. The molecule has 0 bridgehead atoms. The number of nitrogens with zero attached hydrogens (tertiary/aromatic N) is 2. The number of methoxy groups -OCH3 is 1. The molecule has 1 amide bonds. The zero-order chi connectivity index (χ0) is 17.6. The molecule has 0 fully saturated rings. The predicted molar refractivity (Wildman–Crippen MR) is 98.5 cm³/mol. The van der Waals surface area contributed by atoms with Crippen LogP contribution in [0.1, 0.15) is 23.8 Å². The van der Waals surface area contributed by atoms with Crippen molar-refractivity contribution in [3.8, 4) is 17.0 Å². The molecule has 25 heavy (non-hydrogen) atoms. The molecule has 0 radical (unpaired) electrons. The van der Waals surface area contributed by atoms with E-state index in [1.54, 1.807) is 7.11 Å². The van der Waals surface area contributed by atoms with E-state index in [0.29, 0.717) is 25.5 Å². The highest BCUT2D eigenvalue weighted by atomic mass is 32.1. The zero-order valence-electron chi connectivity index (χ0n) is 14.3. The van der Waals surface area contributed by atoms with Gasteiger partial charge >= 0.3 is 0 Å². The third kappa shape index (κ3) is 4.00. The van der Waals surface area contributed by atoms with E-state index in [9.17, 15) is 4.79 Å². The molecule has 0 aliphatic heterocycles. The molecule has 3 rings (SSSR count). The summed E-state index contributed by atoms with van der Waals surface area (Å²) in [5, 5.41) is 4.75. The maximum Gasteiger partial charge on any atom is 0.269 e. The van der Waals surface area contributed by atoms with Gasteiger partial charge in [-0.15, -0.1) is 11.3 Å². The number of nitrogens with one attached hydrogen (secondary N) is 1. The van der Waals surface area contributed by atoms with Crippen LogP contribution in [0.2, 0.25) is 0 Å². The number of carbonyl (C=O) groups excluding carboxylic acids is 1. The Labute approximate surface area is 150 Å². The van der Waals surface area contributed by atoms with E-state index in [1.807, 2.05) is 47.2 Å². The van der Waals surface area contributed by atoms with Crippen LogP contribution in [-0.2, 0) is 4.74 Å². The van der Waals surface area contributed by atoms with Gasteiger partial charge in [-0.25, -0.2) is 4.98 Å². The highest BCUT2D eigenvalue weighted by Gasteiger charge is 2.15. The molecule has 6 nitrogen and oxygen atoms in total. The fraction of sp³-hybridized carbons (Fsp3) is 0.333. The van der Waals surface area contributed by atoms with Crippen molar-refractivity contribution in [3.05, 3.63) is 41.5 Å². The number of aromatic nitrogens is 2. The Morgan fingerprint density at radius 3 is 2.84 bits per heavy atom. The Morgan fingerprint density at radius 2 is 2.12 bits per heavy atom. The third-order valence-corrected chi connectivity index (χ3v) is 4.62. The van der Waals surface area contributed by atoms with Gasteiger partial charge in [0.25, 0.3) is 5.91 Å². The third-order valence-electron chi connectivity index (χ3n) is 3.78. The van der Waals surface area contributed by atoms with Crippen molar-refractivity contribution in [3.63, 3.8) is 0 Å². The monoisotopic (exact) mass is 359 g/mol. The predicted octanol–water partition coefficient (Wildman–Crippen LogP) is 3.23. The van der Waals surface area contributed by atoms with E-state index in [0.717, 1.165) is 28.4 Å². The fourth-order valence-electron chi connectivity index (χ4n) is 2.46. The Balaban J connectivity index is 1.72. The molecule has 2 aromatic heterocycles. The Kier molecular flexibility index (Phi) is 5.67. The second kappa shape index (κ2) is 8.13. The van der Waals surface area contributed by atoms with E-state index in [1.165, 1.54) is 11.3 Å². The smallest absolute Gasteiger partial charge is 0.269 e. The van der Waals surface area contributed by atoms with Crippen LogP contribution >= 0.6 is 11.3 Å². The molecule has 0 unspecified atom stereocenters. The average molecular weight is 359 g/mol. The molecule has 0 aliphatic rings. The van der Waals surface area contributed by atoms with Gasteiger partial charge in [-0.2, -0.15) is 0 Å². The van der Waals surface area contributed by atoms with Gasteiger partial charge in [0.05, 0.1) is 12.8 Å². The standard InChI is InChI=1S/C18H21N3O3S/c1-3-24-10-4-9-19-17(22)16-12-25-18-20-15(11-21(16)18)13-5-7-14(23-2)8-6-13/h5-8,11-12H,3-4,9-10H2,1-2H3,(H,19,22). The number of carbonyl (C=O) groups is 1. The van der Waals surface area contributed by atoms with Gasteiger partial charge in [-0.1, -0.05) is 0 Å². The number of thiazole rings is 1. The van der Waals surface area contributed by atoms with Crippen molar-refractivity contribution < 1.29 is 14.3 Å². The molecule has 1 N–H and O–H groups in total. The Morgan fingerprint density at radius 1 is 1.32 bits per heavy atom. The highest BCUT2D eigenvalue weighted by Crippen LogP contribution is 2.25. The average Bonchev–Trinajstić information content (AvgIpc) is 3.22. The first-order chi connectivity index (χ1) is 12.2. The van der Waals surface area contributed by atoms with Crippen LogP contribution in [0.5, 0.6) is 5.75 Å². The Bertz CT molecular complexity index is 839. The lowest BCUT2D eigenvalue weighted by Crippen LogP contribution is -2.26. The van der Waals surface area contributed by atoms with Crippen LogP contribution in [0.3, 0.4) is 0 Å². The van der Waals surface area contributed by atoms with E-state index in [-0.39, 0.29) is 5.91 Å². The van der Waals surface area contributed by atoms with E-state index in [4.69, 9.17) is 9.47 Å². The topological polar surface area (TPSA) is 64.9 Å². The number of ether oxygens (including phenoxy) is 2. The summed E-state index contributed by atoms with van der Waals surface area (Å²) in [4.78, 5) is 17.8. The van der Waals surface area contributed by atoms with Gasteiger partial charge in [-0.05, 0) is 37.6 Å². The first kappa shape index (κ1) is 17.4. The summed E-state index contributed by atoms with van der Waals surface area (Å²) in [6.45, 7) is 3.90.